The third-order valence-electron chi connectivity index (χ3n) is 2.91. The fraction of sp³-hybridized carbons (Fsp3) is 0.286. The van der Waals surface area contributed by atoms with E-state index in [9.17, 15) is 4.79 Å². The van der Waals surface area contributed by atoms with Crippen molar-refractivity contribution in [2.45, 2.75) is 26.3 Å². The normalized spacial score (nSPS) is 11.3. The highest BCUT2D eigenvalue weighted by Gasteiger charge is 2.23. The van der Waals surface area contributed by atoms with Crippen LogP contribution in [0, 0.1) is 6.92 Å². The molecule has 19 heavy (non-hydrogen) atoms. The summed E-state index contributed by atoms with van der Waals surface area (Å²) in [5.74, 6) is -0.987. The van der Waals surface area contributed by atoms with Crippen LogP contribution >= 0.6 is 11.3 Å². The van der Waals surface area contributed by atoms with Gasteiger partial charge in [0.1, 0.15) is 0 Å². The van der Waals surface area contributed by atoms with Crippen LogP contribution < -0.4 is 5.32 Å². The van der Waals surface area contributed by atoms with Crippen molar-refractivity contribution in [3.63, 3.8) is 0 Å². The van der Waals surface area contributed by atoms with Crippen LogP contribution in [0.2, 0.25) is 0 Å². The lowest BCUT2D eigenvalue weighted by molar-refractivity contribution is 0.0690. The second kappa shape index (κ2) is 5.01. The third kappa shape index (κ3) is 2.93. The molecule has 0 radical (unpaired) electrons. The van der Waals surface area contributed by atoms with E-state index in [-0.39, 0.29) is 11.2 Å². The summed E-state index contributed by atoms with van der Waals surface area (Å²) in [5, 5.41) is 12.9. The predicted octanol–water partition coefficient (Wildman–Crippen LogP) is 3.50. The van der Waals surface area contributed by atoms with Crippen molar-refractivity contribution in [3.05, 3.63) is 46.5 Å². The van der Waals surface area contributed by atoms with Gasteiger partial charge in [0.15, 0.2) is 10.8 Å². The van der Waals surface area contributed by atoms with E-state index in [2.05, 4.69) is 10.3 Å². The second-order valence-corrected chi connectivity index (χ2v) is 6.05. The number of aromatic carboxylic acids is 1. The Kier molecular flexibility index (Phi) is 3.57. The molecule has 1 aromatic carbocycles. The number of nitrogens with zero attached hydrogens (tertiary/aromatic N) is 1. The summed E-state index contributed by atoms with van der Waals surface area (Å²) in [4.78, 5) is 15.8. The molecular formula is C14H16N2O2S. The zero-order chi connectivity index (χ0) is 14.0. The molecule has 0 aliphatic rings. The van der Waals surface area contributed by atoms with Crippen LogP contribution in [0.15, 0.2) is 30.3 Å². The molecule has 4 nitrogen and oxygen atoms in total. The van der Waals surface area contributed by atoms with Gasteiger partial charge in [0.05, 0.1) is 5.54 Å². The first-order valence-electron chi connectivity index (χ1n) is 5.94. The molecule has 0 spiro atoms. The monoisotopic (exact) mass is 276 g/mol. The molecule has 0 fully saturated rings. The Morgan fingerprint density at radius 1 is 1.32 bits per heavy atom. The van der Waals surface area contributed by atoms with Crippen molar-refractivity contribution in [2.24, 2.45) is 0 Å². The predicted molar refractivity (Wildman–Crippen MR) is 76.9 cm³/mol. The molecule has 2 aromatic rings. The summed E-state index contributed by atoms with van der Waals surface area (Å²) >= 11 is 1.36. The molecule has 0 unspecified atom stereocenters. The van der Waals surface area contributed by atoms with Gasteiger partial charge in [-0.3, -0.25) is 0 Å². The van der Waals surface area contributed by atoms with Crippen LogP contribution in [-0.4, -0.2) is 16.1 Å². The summed E-state index contributed by atoms with van der Waals surface area (Å²) in [5.41, 5.74) is 0.942. The van der Waals surface area contributed by atoms with Gasteiger partial charge in [0.25, 0.3) is 0 Å². The maximum absolute atomic E-state index is 11.0. The third-order valence-corrected chi connectivity index (χ3v) is 3.80. The first-order valence-corrected chi connectivity index (χ1v) is 6.76. The van der Waals surface area contributed by atoms with Gasteiger partial charge >= 0.3 is 5.97 Å². The van der Waals surface area contributed by atoms with Gasteiger partial charge in [0, 0.05) is 4.88 Å². The Morgan fingerprint density at radius 2 is 1.95 bits per heavy atom. The number of nitrogens with one attached hydrogen (secondary N) is 1. The van der Waals surface area contributed by atoms with Crippen molar-refractivity contribution in [1.29, 1.82) is 0 Å². The number of carbonyl (C=O) groups is 1. The number of carboxylic acids is 1. The van der Waals surface area contributed by atoms with Crippen LogP contribution in [0.25, 0.3) is 0 Å². The van der Waals surface area contributed by atoms with E-state index < -0.39 is 5.97 Å². The number of rotatable bonds is 4. The van der Waals surface area contributed by atoms with Crippen molar-refractivity contribution >= 4 is 22.4 Å². The fourth-order valence-electron chi connectivity index (χ4n) is 1.84. The quantitative estimate of drug-likeness (QED) is 0.897. The molecule has 5 heteroatoms. The molecule has 0 saturated heterocycles. The standard InChI is InChI=1S/C14H16N2O2S/c1-9-11(12(17)18)15-13(19-9)16-14(2,3)10-7-5-4-6-8-10/h4-8H,1-3H3,(H,15,16)(H,17,18). The van der Waals surface area contributed by atoms with Crippen LogP contribution in [0.5, 0.6) is 0 Å². The minimum atomic E-state index is -0.987. The highest BCUT2D eigenvalue weighted by molar-refractivity contribution is 7.15. The molecule has 1 heterocycles. The van der Waals surface area contributed by atoms with E-state index in [1.54, 1.807) is 6.92 Å². The molecule has 0 bridgehead atoms. The Hall–Kier alpha value is -1.88. The number of aryl methyl sites for hydroxylation is 1. The lowest BCUT2D eigenvalue weighted by Gasteiger charge is -2.26. The number of aromatic nitrogens is 1. The number of anilines is 1. The first kappa shape index (κ1) is 13.5. The highest BCUT2D eigenvalue weighted by Crippen LogP contribution is 2.29. The number of carboxylic acid groups (broad SMARTS) is 1. The number of hydrogen-bond donors (Lipinski definition) is 2. The molecule has 0 amide bonds. The summed E-state index contributed by atoms with van der Waals surface area (Å²) in [7, 11) is 0. The van der Waals surface area contributed by atoms with Gasteiger partial charge in [-0.25, -0.2) is 9.78 Å². The van der Waals surface area contributed by atoms with Crippen LogP contribution in [0.1, 0.15) is 34.8 Å². The number of thiazole rings is 1. The molecule has 2 N–H and O–H groups in total. The average Bonchev–Trinajstić information content (AvgIpc) is 2.71. The molecule has 0 atom stereocenters. The van der Waals surface area contributed by atoms with Gasteiger partial charge in [-0.2, -0.15) is 0 Å². The zero-order valence-corrected chi connectivity index (χ0v) is 11.9. The Balaban J connectivity index is 2.26. The SMILES string of the molecule is Cc1sc(NC(C)(C)c2ccccc2)nc1C(=O)O. The van der Waals surface area contributed by atoms with E-state index in [0.717, 1.165) is 5.56 Å². The van der Waals surface area contributed by atoms with Crippen molar-refractivity contribution < 1.29 is 9.90 Å². The largest absolute Gasteiger partial charge is 0.476 e. The summed E-state index contributed by atoms with van der Waals surface area (Å²) in [6.45, 7) is 5.85. The van der Waals surface area contributed by atoms with E-state index in [1.807, 2.05) is 44.2 Å². The first-order chi connectivity index (χ1) is 8.90. The van der Waals surface area contributed by atoms with Crippen LogP contribution in [0.4, 0.5) is 5.13 Å². The van der Waals surface area contributed by atoms with E-state index in [1.165, 1.54) is 11.3 Å². The van der Waals surface area contributed by atoms with Crippen molar-refractivity contribution in [2.75, 3.05) is 5.32 Å². The Labute approximate surface area is 116 Å². The lowest BCUT2D eigenvalue weighted by atomic mass is 9.95. The summed E-state index contributed by atoms with van der Waals surface area (Å²) in [6.07, 6.45) is 0. The number of hydrogen-bond acceptors (Lipinski definition) is 4. The lowest BCUT2D eigenvalue weighted by Crippen LogP contribution is -2.27. The molecule has 1 aromatic heterocycles. The van der Waals surface area contributed by atoms with E-state index in [4.69, 9.17) is 5.11 Å². The van der Waals surface area contributed by atoms with Gasteiger partial charge in [0.2, 0.25) is 0 Å². The summed E-state index contributed by atoms with van der Waals surface area (Å²) in [6, 6.07) is 10.00. The Bertz CT molecular complexity index is 591. The van der Waals surface area contributed by atoms with Crippen LogP contribution in [-0.2, 0) is 5.54 Å². The van der Waals surface area contributed by atoms with E-state index in [0.29, 0.717) is 10.0 Å². The van der Waals surface area contributed by atoms with E-state index >= 15 is 0 Å². The maximum atomic E-state index is 11.0. The van der Waals surface area contributed by atoms with Crippen molar-refractivity contribution in [3.8, 4) is 0 Å². The highest BCUT2D eigenvalue weighted by atomic mass is 32.1. The van der Waals surface area contributed by atoms with Gasteiger partial charge < -0.3 is 10.4 Å². The van der Waals surface area contributed by atoms with Gasteiger partial charge in [-0.1, -0.05) is 30.3 Å². The molecule has 0 saturated carbocycles. The molecule has 100 valence electrons. The maximum Gasteiger partial charge on any atom is 0.355 e. The van der Waals surface area contributed by atoms with Crippen LogP contribution in [0.3, 0.4) is 0 Å². The Morgan fingerprint density at radius 3 is 2.47 bits per heavy atom. The smallest absolute Gasteiger partial charge is 0.355 e. The fourth-order valence-corrected chi connectivity index (χ4v) is 2.81. The zero-order valence-electron chi connectivity index (χ0n) is 11.1. The minimum Gasteiger partial charge on any atom is -0.476 e. The topological polar surface area (TPSA) is 62.2 Å². The summed E-state index contributed by atoms with van der Waals surface area (Å²) < 4.78 is 0. The molecule has 0 aliphatic heterocycles. The molecule has 2 rings (SSSR count). The van der Waals surface area contributed by atoms with Gasteiger partial charge in [-0.05, 0) is 26.3 Å². The molecular weight excluding hydrogens is 260 g/mol. The number of benzene rings is 1. The van der Waals surface area contributed by atoms with Crippen molar-refractivity contribution in [1.82, 2.24) is 4.98 Å². The minimum absolute atomic E-state index is 0.122. The van der Waals surface area contributed by atoms with Gasteiger partial charge in [-0.15, -0.1) is 11.3 Å². The molecule has 0 aliphatic carbocycles. The average molecular weight is 276 g/mol. The second-order valence-electron chi connectivity index (χ2n) is 4.84.